The highest BCUT2D eigenvalue weighted by atomic mass is 15.1. The van der Waals surface area contributed by atoms with E-state index in [0.29, 0.717) is 0 Å². The number of hydrogen-bond acceptors (Lipinski definition) is 1. The minimum Gasteiger partial charge on any atom is -0.310 e. The molecule has 0 bridgehead atoms. The van der Waals surface area contributed by atoms with Gasteiger partial charge < -0.3 is 4.90 Å². The second kappa shape index (κ2) is 15.6. The number of nitrogens with zero attached hydrogens (tertiary/aromatic N) is 1. The van der Waals surface area contributed by atoms with Crippen LogP contribution in [0.4, 0.5) is 17.1 Å². The first-order valence-corrected chi connectivity index (χ1v) is 21.0. The molecule has 11 rings (SSSR count). The summed E-state index contributed by atoms with van der Waals surface area (Å²) in [6.07, 6.45) is 0. The summed E-state index contributed by atoms with van der Waals surface area (Å²) in [6, 6.07) is 90.4. The molecule has 0 aliphatic heterocycles. The van der Waals surface area contributed by atoms with E-state index in [-0.39, 0.29) is 0 Å². The maximum Gasteiger partial charge on any atom is 0.0468 e. The minimum absolute atomic E-state index is 1.09. The van der Waals surface area contributed by atoms with Crippen LogP contribution in [0.5, 0.6) is 0 Å². The van der Waals surface area contributed by atoms with Gasteiger partial charge in [-0.2, -0.15) is 0 Å². The Balaban J connectivity index is 1.03. The maximum atomic E-state index is 2.39. The van der Waals surface area contributed by atoms with Crippen LogP contribution in [-0.4, -0.2) is 0 Å². The van der Waals surface area contributed by atoms with E-state index in [4.69, 9.17) is 0 Å². The van der Waals surface area contributed by atoms with Crippen molar-refractivity contribution in [2.24, 2.45) is 0 Å². The molecule has 0 spiro atoms. The van der Waals surface area contributed by atoms with E-state index in [1.807, 2.05) is 0 Å². The summed E-state index contributed by atoms with van der Waals surface area (Å²) in [5, 5.41) is 7.52. The summed E-state index contributed by atoms with van der Waals surface area (Å²) in [5.74, 6) is 0. The second-order valence-corrected chi connectivity index (χ2v) is 15.7. The zero-order chi connectivity index (χ0) is 40.5. The molecular weight excluding hydrogens is 735 g/mol. The molecule has 0 radical (unpaired) electrons. The molecule has 0 unspecified atom stereocenters. The van der Waals surface area contributed by atoms with Gasteiger partial charge in [0.05, 0.1) is 0 Å². The topological polar surface area (TPSA) is 3.24 Å². The van der Waals surface area contributed by atoms with Crippen LogP contribution in [0.15, 0.2) is 249 Å². The normalized spacial score (nSPS) is 11.3. The lowest BCUT2D eigenvalue weighted by atomic mass is 9.91. The van der Waals surface area contributed by atoms with Crippen LogP contribution in [0.2, 0.25) is 0 Å². The Kier molecular flexibility index (Phi) is 9.26. The molecule has 0 saturated heterocycles. The van der Waals surface area contributed by atoms with Crippen LogP contribution in [0.25, 0.3) is 88.0 Å². The highest BCUT2D eigenvalue weighted by Crippen LogP contribution is 2.43. The van der Waals surface area contributed by atoms with Crippen molar-refractivity contribution in [1.29, 1.82) is 0 Å². The average Bonchev–Trinajstić information content (AvgIpc) is 3.34. The summed E-state index contributed by atoms with van der Waals surface area (Å²) in [7, 11) is 0. The first-order chi connectivity index (χ1) is 30.2. The molecule has 1 nitrogen and oxygen atoms in total. The van der Waals surface area contributed by atoms with Gasteiger partial charge in [-0.3, -0.25) is 0 Å². The molecule has 0 amide bonds. The number of fused-ring (bicyclic) bond motifs is 3. The van der Waals surface area contributed by atoms with Crippen LogP contribution in [0.3, 0.4) is 0 Å². The SMILES string of the molecule is c1ccc(-c2cc(N(c3ccc(-c4cccc5ccccc45)cc3)c3ccc(-c4cccc5ccccc45)cc3)ccc2-c2ccc(-c3cccc4ccccc34)cc2)cc1. The number of benzene rings is 11. The molecule has 0 aliphatic carbocycles. The first-order valence-electron chi connectivity index (χ1n) is 21.0. The molecule has 286 valence electrons. The van der Waals surface area contributed by atoms with Crippen molar-refractivity contribution in [2.75, 3.05) is 4.90 Å². The van der Waals surface area contributed by atoms with Crippen LogP contribution >= 0.6 is 0 Å². The Labute approximate surface area is 357 Å². The molecule has 0 atom stereocenters. The van der Waals surface area contributed by atoms with Gasteiger partial charge in [-0.1, -0.05) is 212 Å². The Hall–Kier alpha value is -8.00. The van der Waals surface area contributed by atoms with Crippen molar-refractivity contribution in [3.63, 3.8) is 0 Å². The number of rotatable bonds is 8. The third-order valence-corrected chi connectivity index (χ3v) is 12.1. The largest absolute Gasteiger partial charge is 0.310 e. The zero-order valence-corrected chi connectivity index (χ0v) is 33.6. The smallest absolute Gasteiger partial charge is 0.0468 e. The van der Waals surface area contributed by atoms with Gasteiger partial charge in [0, 0.05) is 17.1 Å². The maximum absolute atomic E-state index is 2.39. The van der Waals surface area contributed by atoms with E-state index < -0.39 is 0 Å². The Bertz CT molecular complexity index is 3190. The lowest BCUT2D eigenvalue weighted by Crippen LogP contribution is -2.10. The van der Waals surface area contributed by atoms with Crippen molar-refractivity contribution in [1.82, 2.24) is 0 Å². The predicted octanol–water partition coefficient (Wildman–Crippen LogP) is 17.0. The van der Waals surface area contributed by atoms with Crippen molar-refractivity contribution >= 4 is 49.4 Å². The van der Waals surface area contributed by atoms with Crippen LogP contribution < -0.4 is 4.90 Å². The highest BCUT2D eigenvalue weighted by molar-refractivity contribution is 6.00. The highest BCUT2D eigenvalue weighted by Gasteiger charge is 2.18. The molecule has 0 aliphatic rings. The lowest BCUT2D eigenvalue weighted by Gasteiger charge is -2.27. The van der Waals surface area contributed by atoms with Gasteiger partial charge in [-0.25, -0.2) is 0 Å². The van der Waals surface area contributed by atoms with Crippen LogP contribution in [0, 0.1) is 0 Å². The van der Waals surface area contributed by atoms with E-state index >= 15 is 0 Å². The van der Waals surface area contributed by atoms with Gasteiger partial charge in [-0.15, -0.1) is 0 Å². The Morgan fingerprint density at radius 1 is 0.197 bits per heavy atom. The van der Waals surface area contributed by atoms with Crippen molar-refractivity contribution < 1.29 is 0 Å². The summed E-state index contributed by atoms with van der Waals surface area (Å²) in [4.78, 5) is 2.39. The third-order valence-electron chi connectivity index (χ3n) is 12.1. The molecule has 0 saturated carbocycles. The molecule has 0 fully saturated rings. The van der Waals surface area contributed by atoms with Gasteiger partial charge in [-0.05, 0) is 124 Å². The monoisotopic (exact) mass is 775 g/mol. The molecule has 61 heavy (non-hydrogen) atoms. The molecule has 0 aromatic heterocycles. The molecule has 0 heterocycles. The summed E-state index contributed by atoms with van der Waals surface area (Å²) < 4.78 is 0. The van der Waals surface area contributed by atoms with E-state index in [1.165, 1.54) is 88.0 Å². The fourth-order valence-corrected chi connectivity index (χ4v) is 9.07. The Morgan fingerprint density at radius 3 is 0.967 bits per heavy atom. The molecule has 0 N–H and O–H groups in total. The van der Waals surface area contributed by atoms with Crippen molar-refractivity contribution in [3.05, 3.63) is 249 Å². The van der Waals surface area contributed by atoms with Gasteiger partial charge in [0.15, 0.2) is 0 Å². The van der Waals surface area contributed by atoms with E-state index in [1.54, 1.807) is 0 Å². The van der Waals surface area contributed by atoms with Gasteiger partial charge in [0.1, 0.15) is 0 Å². The number of hydrogen-bond donors (Lipinski definition) is 0. The molecule has 1 heteroatoms. The van der Waals surface area contributed by atoms with E-state index in [2.05, 4.69) is 254 Å². The second-order valence-electron chi connectivity index (χ2n) is 15.7. The van der Waals surface area contributed by atoms with Gasteiger partial charge in [0.25, 0.3) is 0 Å². The van der Waals surface area contributed by atoms with E-state index in [9.17, 15) is 0 Å². The summed E-state index contributed by atoms with van der Waals surface area (Å²) in [5.41, 5.74) is 15.3. The minimum atomic E-state index is 1.09. The van der Waals surface area contributed by atoms with Crippen molar-refractivity contribution in [2.45, 2.75) is 0 Å². The van der Waals surface area contributed by atoms with Crippen molar-refractivity contribution in [3.8, 4) is 55.6 Å². The van der Waals surface area contributed by atoms with E-state index in [0.717, 1.165) is 17.1 Å². The molecule has 11 aromatic carbocycles. The first kappa shape index (κ1) is 36.1. The standard InChI is InChI=1S/C60H41N/c1-2-13-45(14-3-1)60-41-52(39-40-59(60)47-29-27-46(28-30-47)56-24-10-18-42-15-4-7-21-53(42)56)61(50-35-31-48(32-36-50)57-25-11-19-43-16-5-8-22-54(43)57)51-37-33-49(34-38-51)58-26-12-20-44-17-6-9-23-55(44)58/h1-41H. The molecular formula is C60H41N. The fraction of sp³-hybridized carbons (Fsp3) is 0. The number of anilines is 3. The predicted molar refractivity (Wildman–Crippen MR) is 261 cm³/mol. The molecule has 11 aromatic rings. The van der Waals surface area contributed by atoms with Gasteiger partial charge in [0.2, 0.25) is 0 Å². The lowest BCUT2D eigenvalue weighted by molar-refractivity contribution is 1.28. The summed E-state index contributed by atoms with van der Waals surface area (Å²) >= 11 is 0. The zero-order valence-electron chi connectivity index (χ0n) is 33.6. The average molecular weight is 776 g/mol. The summed E-state index contributed by atoms with van der Waals surface area (Å²) in [6.45, 7) is 0. The van der Waals surface area contributed by atoms with Gasteiger partial charge >= 0.3 is 0 Å². The van der Waals surface area contributed by atoms with Crippen LogP contribution in [0.1, 0.15) is 0 Å². The quantitative estimate of drug-likeness (QED) is 0.149. The fourth-order valence-electron chi connectivity index (χ4n) is 9.07. The Morgan fingerprint density at radius 2 is 0.525 bits per heavy atom. The third kappa shape index (κ3) is 6.83. The van der Waals surface area contributed by atoms with Crippen LogP contribution in [-0.2, 0) is 0 Å².